The third-order valence-corrected chi connectivity index (χ3v) is 26.5. The van der Waals surface area contributed by atoms with Crippen LogP contribution in [0.25, 0.3) is 21.8 Å². The van der Waals surface area contributed by atoms with E-state index in [0.717, 1.165) is 79.8 Å². The number of rotatable bonds is 26. The first-order chi connectivity index (χ1) is 66.8. The van der Waals surface area contributed by atoms with Crippen molar-refractivity contribution in [1.29, 1.82) is 0 Å². The monoisotopic (exact) mass is 2080 g/mol. The molecule has 3 saturated carbocycles. The van der Waals surface area contributed by atoms with Crippen molar-refractivity contribution >= 4 is 153 Å². The van der Waals surface area contributed by atoms with Crippen LogP contribution in [-0.2, 0) is 100 Å². The highest BCUT2D eigenvalue weighted by atomic mass is 35.5. The van der Waals surface area contributed by atoms with Crippen molar-refractivity contribution in [2.75, 3.05) is 89.0 Å². The second-order valence-corrected chi connectivity index (χ2v) is 43.2. The molecule has 0 bridgehead atoms. The van der Waals surface area contributed by atoms with Gasteiger partial charge in [0.25, 0.3) is 5.91 Å². The van der Waals surface area contributed by atoms with E-state index in [9.17, 15) is 86.3 Å². The smallest absolute Gasteiger partial charge is 0.411 e. The van der Waals surface area contributed by atoms with Crippen molar-refractivity contribution in [2.24, 2.45) is 62.9 Å². The number of carbonyl (C=O) groups is 18. The summed E-state index contributed by atoms with van der Waals surface area (Å²) in [5.74, 6) is -4.81. The Labute approximate surface area is 859 Å². The van der Waals surface area contributed by atoms with Crippen LogP contribution in [0, 0.1) is 57.2 Å². The molecule has 0 spiro atoms. The summed E-state index contributed by atoms with van der Waals surface area (Å²) in [6.45, 7) is 31.8. The molecule has 3 aliphatic carbocycles. The molecule has 6 saturated heterocycles. The number of aromatic carboxylic acids is 1. The van der Waals surface area contributed by atoms with Crippen LogP contribution in [0.5, 0.6) is 11.5 Å². The Hall–Kier alpha value is -11.7. The number of hydrogen-bond acceptors (Lipinski definition) is 29. The molecule has 43 heteroatoms. The maximum absolute atomic E-state index is 13.6. The highest BCUT2D eigenvalue weighted by molar-refractivity contribution is 6.03. The lowest BCUT2D eigenvalue weighted by Crippen LogP contribution is -2.52. The molecule has 6 aliphatic heterocycles. The molecule has 41 nitrogen and oxygen atoms in total. The van der Waals surface area contributed by atoms with Gasteiger partial charge in [0.1, 0.15) is 93.7 Å². The maximum Gasteiger partial charge on any atom is 0.411 e. The molecule has 0 radical (unpaired) electrons. The van der Waals surface area contributed by atoms with Gasteiger partial charge in [-0.05, 0) is 209 Å². The highest BCUT2D eigenvalue weighted by Gasteiger charge is 2.50. The maximum atomic E-state index is 13.6. The molecule has 4 aromatic rings. The van der Waals surface area contributed by atoms with E-state index < -0.39 is 113 Å². The van der Waals surface area contributed by atoms with Gasteiger partial charge in [0.15, 0.2) is 0 Å². The molecule has 14 atom stereocenters. The number of carboxylic acid groups (broad SMARTS) is 2. The fourth-order valence-electron chi connectivity index (χ4n) is 19.2. The van der Waals surface area contributed by atoms with Crippen LogP contribution in [0.1, 0.15) is 253 Å². The van der Waals surface area contributed by atoms with Gasteiger partial charge in [0, 0.05) is 110 Å². The Morgan fingerprint density at radius 3 is 1.14 bits per heavy atom. The lowest BCUT2D eigenvalue weighted by molar-refractivity contribution is -0.146. The summed E-state index contributed by atoms with van der Waals surface area (Å²) in [5, 5.41) is 36.3. The third kappa shape index (κ3) is 36.7. The summed E-state index contributed by atoms with van der Waals surface area (Å²) in [6.07, 6.45) is 10.6. The molecule has 13 rings (SSSR count). The van der Waals surface area contributed by atoms with E-state index in [1.807, 2.05) is 71.9 Å². The van der Waals surface area contributed by atoms with Crippen molar-refractivity contribution in [1.82, 2.24) is 56.6 Å². The number of nitrogens with one attached hydrogen (secondary N) is 8. The van der Waals surface area contributed by atoms with Gasteiger partial charge in [-0.2, -0.15) is 0 Å². The summed E-state index contributed by atoms with van der Waals surface area (Å²) in [7, 11) is 9.60. The second kappa shape index (κ2) is 54.6. The molecule has 2 aromatic heterocycles. The molecule has 2 aromatic carbocycles. The first-order valence-electron chi connectivity index (χ1n) is 48.8. The van der Waals surface area contributed by atoms with Crippen LogP contribution in [0.3, 0.4) is 0 Å². The first kappa shape index (κ1) is 124. The molecule has 9 aliphatic rings. The number of carboxylic acids is 2. The number of nitrogens with two attached hydrogens (primary N) is 1. The molecule has 8 amide bonds. The zero-order chi connectivity index (χ0) is 107. The minimum absolute atomic E-state index is 0. The summed E-state index contributed by atoms with van der Waals surface area (Å²) in [4.78, 5) is 226. The van der Waals surface area contributed by atoms with Gasteiger partial charge >= 0.3 is 54.0 Å². The van der Waals surface area contributed by atoms with Gasteiger partial charge in [-0.1, -0.05) is 74.4 Å². The van der Waals surface area contributed by atoms with E-state index in [-0.39, 0.29) is 154 Å². The Kier molecular flexibility index (Phi) is 46.6. The average Bonchev–Trinajstić information content (AvgIpc) is 1.61. The number of likely N-dealkylation sites (tertiary alicyclic amines) is 3. The van der Waals surface area contributed by atoms with Crippen LogP contribution in [0.4, 0.5) is 9.59 Å². The number of fused-ring (bicyclic) bond motifs is 2. The van der Waals surface area contributed by atoms with E-state index in [4.69, 9.17) is 49.1 Å². The Morgan fingerprint density at radius 2 is 0.807 bits per heavy atom. The van der Waals surface area contributed by atoms with Crippen molar-refractivity contribution in [3.8, 4) is 11.5 Å². The molecular formula is C102H154Cl2N12O29. The number of benzene rings is 2. The molecule has 810 valence electrons. The van der Waals surface area contributed by atoms with Crippen molar-refractivity contribution in [3.63, 3.8) is 0 Å². The number of ketones is 3. The van der Waals surface area contributed by atoms with Crippen LogP contribution >= 0.6 is 24.8 Å². The fourth-order valence-corrected chi connectivity index (χ4v) is 19.2. The number of esters is 5. The lowest BCUT2D eigenvalue weighted by Gasteiger charge is -2.29. The minimum Gasteiger partial charge on any atom is -0.496 e. The van der Waals surface area contributed by atoms with E-state index in [2.05, 4.69) is 65.2 Å². The van der Waals surface area contributed by atoms with Gasteiger partial charge in [0.05, 0.1) is 61.7 Å². The Bertz CT molecular complexity index is 5170. The van der Waals surface area contributed by atoms with Crippen LogP contribution in [-0.4, -0.2) is 290 Å². The standard InChI is InChI=1S/C26H33N3O6.C21H34N2O6.C16H26N2O4.C12H21NO4.C10H9NO3.C9H15NO3.C8H14N2O3.2ClH/c1-26(2)13-20(23(31)28-19(25(33)35-4)11-15-7-5-9-21(15)30)29(14-26)24(32)18-12-16-17(27-18)8-6-10-22(16)34-3;1-20(2,3)29-19(27)23-12-21(4,5)11-15(23)17(25)22-14(18(26)28-6)10-13-8-7-9-16(13)24;1-16(2)8-12(17-9-16)14(20)18-11(15(21)22-3)7-10-5-4-6-13(10)19;1-11(2,3)17-10(16)13-7-12(4,5)6-8(13)9(14)15;1-14-9-4-2-3-7-6(9)5-8(11-7)10(12)13;1-6(9(12)13-2)5-7-3-4-10-8(7)11;1-13-8(12)6(9)4-5-2-3-10-7(5)11;;/h6,8,10,12,15,19-20,27H,5,7,9,11,13-14H2,1-4H3,(H,28,31);13-15H,7-12H2,1-6H3,(H,22,25);10-12,17H,4-9H2,1-3H3,(H,18,20);8H,6-7H2,1-5H3,(H,14,15);2-5,11H,1H3,(H,12,13);6-7H,3-5H2,1-2H3,(H,10,11);5-6H,2-4,9H2,1H3,(H,10,11);2*1H/t15-,19-,20-;13-,14-,15-;10-,11-,12-;8-;;6-,7-;5-,6-;;/m0000.00../s1. The number of aliphatic carboxylic acids is 1. The van der Waals surface area contributed by atoms with Gasteiger partial charge in [0.2, 0.25) is 29.5 Å². The number of methoxy groups -OCH3 is 7. The van der Waals surface area contributed by atoms with Gasteiger partial charge < -0.3 is 105 Å². The normalized spacial score (nSPS) is 22.7. The molecule has 9 fully saturated rings. The summed E-state index contributed by atoms with van der Waals surface area (Å²) >= 11 is 0. The first-order valence-corrected chi connectivity index (χ1v) is 48.8. The number of aromatic nitrogens is 2. The molecule has 12 N–H and O–H groups in total. The zero-order valence-electron chi connectivity index (χ0n) is 87.7. The lowest BCUT2D eigenvalue weighted by atomic mass is 9.90. The summed E-state index contributed by atoms with van der Waals surface area (Å²) < 4.78 is 44.7. The number of ether oxygens (including phenoxy) is 9. The van der Waals surface area contributed by atoms with E-state index in [0.29, 0.717) is 114 Å². The zero-order valence-corrected chi connectivity index (χ0v) is 89.4. The van der Waals surface area contributed by atoms with Gasteiger partial charge in [-0.15, -0.1) is 24.8 Å². The topological polar surface area (TPSA) is 570 Å². The van der Waals surface area contributed by atoms with Crippen molar-refractivity contribution in [3.05, 3.63) is 59.9 Å². The minimum atomic E-state index is -0.971. The SMILES string of the molecule is CC1(C)C[C@@H](C(=O)O)N(C(=O)OC(C)(C)C)C1.COC(=O)[C@@H](C)C[C@@H]1CCNC1=O.COC(=O)[C@@H](N)C[C@@H]1CCNC1=O.COC(=O)[C@H](C[C@@H]1CCCC1=O)NC(=O)[C@@H]1CC(C)(C)CN1.COC(=O)[C@H](C[C@@H]1CCCC1=O)NC(=O)[C@@H]1CC(C)(C)CN1C(=O)OC(C)(C)C.COC(=O)[C@H](C[C@@H]1CCCC1=O)NC(=O)[C@@H]1CC(C)(C)CN1C(=O)c1cc2c(OC)cccc2[nH]1.COc1cccc2[nH]c(C(=O)O)cc12.Cl.Cl. The largest absolute Gasteiger partial charge is 0.496 e. The van der Waals surface area contributed by atoms with Crippen LogP contribution in [0.2, 0.25) is 0 Å². The predicted octanol–water partition coefficient (Wildman–Crippen LogP) is 10.2. The van der Waals surface area contributed by atoms with E-state index >= 15 is 0 Å². The van der Waals surface area contributed by atoms with E-state index in [1.54, 1.807) is 85.8 Å². The number of hydrogen-bond donors (Lipinski definition) is 11. The number of nitrogens with zero attached hydrogens (tertiary/aromatic N) is 3. The Morgan fingerprint density at radius 1 is 0.448 bits per heavy atom. The molecule has 0 unspecified atom stereocenters. The van der Waals surface area contributed by atoms with Crippen LogP contribution in [0.15, 0.2) is 48.5 Å². The van der Waals surface area contributed by atoms with Crippen molar-refractivity contribution < 1.29 is 139 Å². The second-order valence-electron chi connectivity index (χ2n) is 43.2. The summed E-state index contributed by atoms with van der Waals surface area (Å²) in [5.41, 5.74) is 5.64. The fraction of sp³-hybridized carbons (Fsp3) is 0.667. The number of carbonyl (C=O) groups excluding carboxylic acids is 16. The quantitative estimate of drug-likeness (QED) is 0.0205. The molecule has 145 heavy (non-hydrogen) atoms. The number of Topliss-reactive ketones (excluding diaryl/α,β-unsaturated/α-hetero) is 3. The molecular weight excluding hydrogens is 1930 g/mol. The van der Waals surface area contributed by atoms with Gasteiger partial charge in [-0.3, -0.25) is 62.5 Å². The number of halogens is 2. The average molecular weight is 2080 g/mol. The number of aromatic amines is 2. The Balaban J connectivity index is 0.000000307. The van der Waals surface area contributed by atoms with E-state index in [1.165, 1.54) is 45.3 Å². The number of amides is 8. The third-order valence-electron chi connectivity index (χ3n) is 26.5. The predicted molar refractivity (Wildman–Crippen MR) is 538 cm³/mol. The summed E-state index contributed by atoms with van der Waals surface area (Å²) in [6, 6.07) is 8.40. The molecule has 8 heterocycles. The van der Waals surface area contributed by atoms with Gasteiger partial charge in [-0.25, -0.2) is 33.6 Å². The van der Waals surface area contributed by atoms with Crippen molar-refractivity contribution in [2.45, 2.75) is 292 Å². The highest BCUT2D eigenvalue weighted by Crippen LogP contribution is 2.41. The number of H-pyrrole nitrogens is 2. The van der Waals surface area contributed by atoms with Crippen LogP contribution < -0.4 is 47.1 Å².